The number of hydrogen-bond donors (Lipinski definition) is 0. The van der Waals surface area contributed by atoms with Gasteiger partial charge in [-0.2, -0.15) is 0 Å². The smallest absolute Gasteiger partial charge is 0.150 e. The van der Waals surface area contributed by atoms with E-state index in [1.165, 1.54) is 20.5 Å². The maximum Gasteiger partial charge on any atom is 0.150 e. The van der Waals surface area contributed by atoms with Gasteiger partial charge in [0.15, 0.2) is 0 Å². The van der Waals surface area contributed by atoms with Crippen LogP contribution in [0, 0.1) is 0 Å². The Morgan fingerprint density at radius 1 is 1.05 bits per heavy atom. The zero-order chi connectivity index (χ0) is 13.1. The van der Waals surface area contributed by atoms with Gasteiger partial charge in [-0.3, -0.25) is 4.79 Å². The molecule has 19 heavy (non-hydrogen) atoms. The van der Waals surface area contributed by atoms with E-state index in [1.54, 1.807) is 23.1 Å². The van der Waals surface area contributed by atoms with Crippen LogP contribution in [0.4, 0.5) is 0 Å². The summed E-state index contributed by atoms with van der Waals surface area (Å²) < 4.78 is 1.34. The maximum atomic E-state index is 10.6. The third kappa shape index (κ3) is 2.72. The Morgan fingerprint density at radius 2 is 1.84 bits per heavy atom. The second-order valence-corrected chi connectivity index (χ2v) is 6.19. The van der Waals surface area contributed by atoms with Crippen LogP contribution in [0.3, 0.4) is 0 Å². The number of aldehydes is 1. The predicted octanol–water partition coefficient (Wildman–Crippen LogP) is 5.01. The van der Waals surface area contributed by atoms with Crippen LogP contribution in [0.15, 0.2) is 58.8 Å². The first-order valence-corrected chi connectivity index (χ1v) is 7.86. The summed E-state index contributed by atoms with van der Waals surface area (Å²) in [6.45, 7) is 0. The summed E-state index contributed by atoms with van der Waals surface area (Å²) in [5, 5.41) is 3.58. The highest BCUT2D eigenvalue weighted by Crippen LogP contribution is 2.31. The van der Waals surface area contributed by atoms with E-state index >= 15 is 0 Å². The summed E-state index contributed by atoms with van der Waals surface area (Å²) >= 11 is 3.60. The highest BCUT2D eigenvalue weighted by atomic mass is 32.2. The molecule has 3 heteroatoms. The molecule has 0 saturated carbocycles. The second-order valence-electron chi connectivity index (χ2n) is 4.23. The van der Waals surface area contributed by atoms with Gasteiger partial charge in [-0.25, -0.2) is 0 Å². The monoisotopic (exact) mass is 284 g/mol. The Balaban J connectivity index is 1.76. The molecule has 3 aromatic rings. The molecule has 1 aromatic heterocycles. The standard InChI is InChI=1S/C16H12OS2/c17-9-12-5-7-14(8-6-12)18-10-13-11-19-16-4-2-1-3-15(13)16/h1-9,11H,10H2. The summed E-state index contributed by atoms with van der Waals surface area (Å²) in [5.41, 5.74) is 2.11. The Labute approximate surface area is 120 Å². The molecule has 3 rings (SSSR count). The number of carbonyl (C=O) groups excluding carboxylic acids is 1. The zero-order valence-corrected chi connectivity index (χ0v) is 11.8. The molecule has 0 fully saturated rings. The van der Waals surface area contributed by atoms with Gasteiger partial charge >= 0.3 is 0 Å². The molecule has 1 nitrogen and oxygen atoms in total. The summed E-state index contributed by atoms with van der Waals surface area (Å²) in [6.07, 6.45) is 0.876. The molecule has 0 spiro atoms. The van der Waals surface area contributed by atoms with Crippen molar-refractivity contribution in [3.05, 3.63) is 65.0 Å². The van der Waals surface area contributed by atoms with Crippen molar-refractivity contribution in [1.82, 2.24) is 0 Å². The van der Waals surface area contributed by atoms with Crippen LogP contribution in [0.25, 0.3) is 10.1 Å². The number of thioether (sulfide) groups is 1. The lowest BCUT2D eigenvalue weighted by Gasteiger charge is -2.01. The van der Waals surface area contributed by atoms with Crippen molar-refractivity contribution >= 4 is 39.5 Å². The molecule has 2 aromatic carbocycles. The van der Waals surface area contributed by atoms with Crippen LogP contribution in [0.2, 0.25) is 0 Å². The lowest BCUT2D eigenvalue weighted by molar-refractivity contribution is 0.112. The van der Waals surface area contributed by atoms with E-state index in [0.29, 0.717) is 0 Å². The lowest BCUT2D eigenvalue weighted by atomic mass is 10.2. The first kappa shape index (κ1) is 12.5. The van der Waals surface area contributed by atoms with Gasteiger partial charge in [0.25, 0.3) is 0 Å². The molecular weight excluding hydrogens is 272 g/mol. The zero-order valence-electron chi connectivity index (χ0n) is 10.2. The lowest BCUT2D eigenvalue weighted by Crippen LogP contribution is -1.80. The molecule has 1 heterocycles. The first-order chi connectivity index (χ1) is 9.36. The van der Waals surface area contributed by atoms with Crippen molar-refractivity contribution in [2.24, 2.45) is 0 Å². The van der Waals surface area contributed by atoms with Crippen LogP contribution < -0.4 is 0 Å². The van der Waals surface area contributed by atoms with E-state index in [0.717, 1.165) is 17.6 Å². The van der Waals surface area contributed by atoms with Gasteiger partial charge in [-0.05, 0) is 34.5 Å². The maximum absolute atomic E-state index is 10.6. The molecule has 0 unspecified atom stereocenters. The average Bonchev–Trinajstić information content (AvgIpc) is 2.89. The first-order valence-electron chi connectivity index (χ1n) is 6.00. The second kappa shape index (κ2) is 5.59. The van der Waals surface area contributed by atoms with Crippen LogP contribution >= 0.6 is 23.1 Å². The van der Waals surface area contributed by atoms with Crippen molar-refractivity contribution in [3.63, 3.8) is 0 Å². The van der Waals surface area contributed by atoms with Crippen LogP contribution in [0.5, 0.6) is 0 Å². The fourth-order valence-electron chi connectivity index (χ4n) is 1.95. The Kier molecular flexibility index (Phi) is 3.67. The highest BCUT2D eigenvalue weighted by molar-refractivity contribution is 7.98. The van der Waals surface area contributed by atoms with E-state index in [2.05, 4.69) is 29.6 Å². The van der Waals surface area contributed by atoms with Crippen molar-refractivity contribution < 1.29 is 4.79 Å². The van der Waals surface area contributed by atoms with Crippen molar-refractivity contribution in [1.29, 1.82) is 0 Å². The molecule has 0 radical (unpaired) electrons. The van der Waals surface area contributed by atoms with E-state index < -0.39 is 0 Å². The van der Waals surface area contributed by atoms with Gasteiger partial charge in [0.05, 0.1) is 0 Å². The van der Waals surface area contributed by atoms with Gasteiger partial charge in [0.1, 0.15) is 6.29 Å². The van der Waals surface area contributed by atoms with Gasteiger partial charge in [-0.15, -0.1) is 23.1 Å². The third-order valence-corrected chi connectivity index (χ3v) is 5.04. The SMILES string of the molecule is O=Cc1ccc(SCc2csc3ccccc23)cc1. The molecule has 94 valence electrons. The number of carbonyl (C=O) groups is 1. The Morgan fingerprint density at radius 3 is 2.63 bits per heavy atom. The number of rotatable bonds is 4. The topological polar surface area (TPSA) is 17.1 Å². The van der Waals surface area contributed by atoms with E-state index in [-0.39, 0.29) is 0 Å². The predicted molar refractivity (Wildman–Crippen MR) is 83.2 cm³/mol. The van der Waals surface area contributed by atoms with Gasteiger partial charge in [0.2, 0.25) is 0 Å². The molecule has 0 atom stereocenters. The summed E-state index contributed by atoms with van der Waals surface area (Å²) in [5.74, 6) is 0.963. The van der Waals surface area contributed by atoms with Gasteiger partial charge < -0.3 is 0 Å². The summed E-state index contributed by atoms with van der Waals surface area (Å²) in [7, 11) is 0. The minimum absolute atomic E-state index is 0.727. The average molecular weight is 284 g/mol. The molecule has 0 aliphatic rings. The highest BCUT2D eigenvalue weighted by Gasteiger charge is 2.04. The minimum atomic E-state index is 0.727. The van der Waals surface area contributed by atoms with Crippen molar-refractivity contribution in [3.8, 4) is 0 Å². The fraction of sp³-hybridized carbons (Fsp3) is 0.0625. The van der Waals surface area contributed by atoms with Gasteiger partial charge in [-0.1, -0.05) is 30.3 Å². The largest absolute Gasteiger partial charge is 0.298 e. The molecule has 0 aliphatic carbocycles. The van der Waals surface area contributed by atoms with Crippen LogP contribution in [0.1, 0.15) is 15.9 Å². The van der Waals surface area contributed by atoms with Crippen molar-refractivity contribution in [2.45, 2.75) is 10.6 Å². The molecule has 0 saturated heterocycles. The minimum Gasteiger partial charge on any atom is -0.298 e. The van der Waals surface area contributed by atoms with E-state index in [4.69, 9.17) is 0 Å². The van der Waals surface area contributed by atoms with Crippen molar-refractivity contribution in [2.75, 3.05) is 0 Å². The fourth-order valence-corrected chi connectivity index (χ4v) is 3.91. The quantitative estimate of drug-likeness (QED) is 0.495. The number of fused-ring (bicyclic) bond motifs is 1. The summed E-state index contributed by atoms with van der Waals surface area (Å²) in [6, 6.07) is 16.2. The third-order valence-electron chi connectivity index (χ3n) is 2.97. The molecular formula is C16H12OS2. The molecule has 0 aliphatic heterocycles. The molecule has 0 N–H and O–H groups in total. The van der Waals surface area contributed by atoms with E-state index in [9.17, 15) is 4.79 Å². The van der Waals surface area contributed by atoms with Crippen LogP contribution in [-0.2, 0) is 5.75 Å². The summed E-state index contributed by atoms with van der Waals surface area (Å²) in [4.78, 5) is 11.8. The normalized spacial score (nSPS) is 10.7. The molecule has 0 bridgehead atoms. The van der Waals surface area contributed by atoms with Crippen LogP contribution in [-0.4, -0.2) is 6.29 Å². The number of hydrogen-bond acceptors (Lipinski definition) is 3. The number of benzene rings is 2. The molecule has 0 amide bonds. The van der Waals surface area contributed by atoms with Gasteiger partial charge in [0, 0.05) is 20.9 Å². The Hall–Kier alpha value is -1.58. The Bertz CT molecular complexity index is 698. The number of thiophene rings is 1. The van der Waals surface area contributed by atoms with E-state index in [1.807, 2.05) is 24.3 Å².